The number of hydrogen-bond acceptors (Lipinski definition) is 6. The first-order chi connectivity index (χ1) is 18.8. The van der Waals surface area contributed by atoms with Crippen LogP contribution in [0.4, 0.5) is 23.7 Å². The molecule has 2 saturated heterocycles. The van der Waals surface area contributed by atoms with Crippen molar-refractivity contribution in [2.45, 2.75) is 31.7 Å². The molecule has 2 aliphatic heterocycles. The maximum Gasteiger partial charge on any atom is 0.324 e. The number of carbonyl (C=O) groups is 1. The van der Waals surface area contributed by atoms with E-state index in [1.54, 1.807) is 4.90 Å². The van der Waals surface area contributed by atoms with Gasteiger partial charge in [0.1, 0.15) is 5.82 Å². The Kier molecular flexibility index (Phi) is 8.31. The number of piperidine rings is 1. The lowest BCUT2D eigenvalue weighted by Gasteiger charge is -2.33. The number of amides is 2. The molecule has 0 atom stereocenters. The van der Waals surface area contributed by atoms with Gasteiger partial charge in [0.05, 0.1) is 6.54 Å². The van der Waals surface area contributed by atoms with Gasteiger partial charge in [-0.05, 0) is 68.7 Å². The van der Waals surface area contributed by atoms with Gasteiger partial charge in [0.2, 0.25) is 5.89 Å². The Morgan fingerprint density at radius 1 is 1.08 bits per heavy atom. The molecule has 1 aromatic heterocycles. The second-order valence-electron chi connectivity index (χ2n) is 9.93. The Morgan fingerprint density at radius 3 is 2.38 bits per heavy atom. The van der Waals surface area contributed by atoms with Gasteiger partial charge >= 0.3 is 12.5 Å². The molecule has 3 aromatic rings. The smallest absolute Gasteiger partial charge is 0.324 e. The molecule has 0 bridgehead atoms. The summed E-state index contributed by atoms with van der Waals surface area (Å²) in [5.41, 5.74) is 2.24. The zero-order valence-corrected chi connectivity index (χ0v) is 22.4. The van der Waals surface area contributed by atoms with Gasteiger partial charge in [0, 0.05) is 52.2 Å². The minimum atomic E-state index is -2.92. The maximum atomic E-state index is 15.2. The number of alkyl halides is 2. The van der Waals surface area contributed by atoms with Crippen LogP contribution in [-0.2, 0) is 17.3 Å². The molecule has 12 heteroatoms. The largest absolute Gasteiger partial charge is 0.415 e. The summed E-state index contributed by atoms with van der Waals surface area (Å²) in [7, 11) is 1.17. The van der Waals surface area contributed by atoms with Gasteiger partial charge in [0.25, 0.3) is 5.89 Å². The molecule has 2 amide bonds. The second kappa shape index (κ2) is 11.9. The van der Waals surface area contributed by atoms with Crippen LogP contribution in [0.2, 0.25) is 0 Å². The highest BCUT2D eigenvalue weighted by Crippen LogP contribution is 2.31. The van der Waals surface area contributed by atoms with E-state index in [0.29, 0.717) is 36.2 Å². The van der Waals surface area contributed by atoms with Crippen LogP contribution < -0.4 is 4.90 Å². The third kappa shape index (κ3) is 6.33. The Hall–Kier alpha value is -3.25. The standard InChI is InChI=1S/C27H30F3N5O3S/c1-33-10-8-19(9-11-33)18-4-6-22(7-5-18)35(27(36)34-12-14-39(37)15-13-34)17-21-3-2-20(16-23(21)28)25-31-32-26(38-25)24(29)30/h2-7,16,19,24H,8-15,17H2,1H3. The van der Waals surface area contributed by atoms with E-state index in [-0.39, 0.29) is 29.6 Å². The van der Waals surface area contributed by atoms with Crippen molar-refractivity contribution < 1.29 is 26.6 Å². The zero-order valence-electron chi connectivity index (χ0n) is 21.6. The summed E-state index contributed by atoms with van der Waals surface area (Å²) in [5.74, 6) is -0.418. The molecule has 0 spiro atoms. The molecule has 0 radical (unpaired) electrons. The number of benzene rings is 2. The van der Waals surface area contributed by atoms with Crippen LogP contribution in [-0.4, -0.2) is 75.0 Å². The average Bonchev–Trinajstić information content (AvgIpc) is 3.44. The van der Waals surface area contributed by atoms with Gasteiger partial charge in [-0.25, -0.2) is 9.18 Å². The molecular weight excluding hydrogens is 531 g/mol. The van der Waals surface area contributed by atoms with Gasteiger partial charge in [-0.3, -0.25) is 9.11 Å². The predicted molar refractivity (Wildman–Crippen MR) is 142 cm³/mol. The summed E-state index contributed by atoms with van der Waals surface area (Å²) in [6.45, 7) is 2.75. The fourth-order valence-corrected chi connectivity index (χ4v) is 6.01. The minimum absolute atomic E-state index is 0.0514. The van der Waals surface area contributed by atoms with Gasteiger partial charge < -0.3 is 14.2 Å². The van der Waals surface area contributed by atoms with E-state index < -0.39 is 28.9 Å². The first kappa shape index (κ1) is 27.3. The lowest BCUT2D eigenvalue weighted by Crippen LogP contribution is -2.48. The monoisotopic (exact) mass is 561 g/mol. The van der Waals surface area contributed by atoms with Gasteiger partial charge in [-0.15, -0.1) is 10.2 Å². The molecule has 0 saturated carbocycles. The van der Waals surface area contributed by atoms with Crippen molar-refractivity contribution in [3.63, 3.8) is 0 Å². The van der Waals surface area contributed by atoms with Crippen molar-refractivity contribution in [2.24, 2.45) is 0 Å². The molecule has 208 valence electrons. The van der Waals surface area contributed by atoms with Gasteiger partial charge in [0.15, 0.2) is 0 Å². The Labute approximate surface area is 227 Å². The average molecular weight is 562 g/mol. The van der Waals surface area contributed by atoms with Crippen LogP contribution in [0.25, 0.3) is 11.5 Å². The van der Waals surface area contributed by atoms with Crippen LogP contribution >= 0.6 is 0 Å². The number of nitrogens with zero attached hydrogens (tertiary/aromatic N) is 5. The van der Waals surface area contributed by atoms with Crippen LogP contribution in [0.5, 0.6) is 0 Å². The topological polar surface area (TPSA) is 82.8 Å². The fraction of sp³-hybridized carbons (Fsp3) is 0.444. The summed E-state index contributed by atoms with van der Waals surface area (Å²) < 4.78 is 57.6. The first-order valence-electron chi connectivity index (χ1n) is 12.9. The predicted octanol–water partition coefficient (Wildman–Crippen LogP) is 4.81. The number of halogens is 3. The highest BCUT2D eigenvalue weighted by atomic mass is 32.2. The van der Waals surface area contributed by atoms with Crippen LogP contribution in [0, 0.1) is 5.82 Å². The molecule has 2 aromatic carbocycles. The van der Waals surface area contributed by atoms with Crippen LogP contribution in [0.3, 0.4) is 0 Å². The van der Waals surface area contributed by atoms with E-state index in [4.69, 9.17) is 4.42 Å². The van der Waals surface area contributed by atoms with Crippen molar-refractivity contribution in [1.82, 2.24) is 20.0 Å². The Balaban J connectivity index is 1.39. The van der Waals surface area contributed by atoms with Gasteiger partial charge in [-0.1, -0.05) is 18.2 Å². The second-order valence-corrected chi connectivity index (χ2v) is 11.6. The highest BCUT2D eigenvalue weighted by Gasteiger charge is 2.28. The molecule has 0 N–H and O–H groups in total. The number of carbonyl (C=O) groups excluding carboxylic acids is 1. The van der Waals surface area contributed by atoms with Crippen molar-refractivity contribution in [3.8, 4) is 11.5 Å². The summed E-state index contributed by atoms with van der Waals surface area (Å²) in [5, 5.41) is 6.86. The van der Waals surface area contributed by atoms with E-state index in [9.17, 15) is 17.8 Å². The number of likely N-dealkylation sites (tertiary alicyclic amines) is 1. The fourth-order valence-electron chi connectivity index (χ4n) is 4.96. The SMILES string of the molecule is CN1CCC(c2ccc(N(Cc3ccc(-c4nnc(C(F)F)o4)cc3F)C(=O)N3CCS(=O)CC3)cc2)CC1. The maximum absolute atomic E-state index is 15.2. The van der Waals surface area contributed by atoms with Crippen molar-refractivity contribution in [3.05, 3.63) is 65.3 Å². The molecule has 8 nitrogen and oxygen atoms in total. The molecule has 39 heavy (non-hydrogen) atoms. The number of hydrogen-bond donors (Lipinski definition) is 0. The Bertz CT molecular complexity index is 1320. The molecule has 2 aliphatic rings. The highest BCUT2D eigenvalue weighted by molar-refractivity contribution is 7.85. The molecule has 0 aliphatic carbocycles. The Morgan fingerprint density at radius 2 is 1.77 bits per heavy atom. The van der Waals surface area contributed by atoms with E-state index in [1.807, 2.05) is 24.3 Å². The molecule has 2 fully saturated rings. The lowest BCUT2D eigenvalue weighted by molar-refractivity contribution is 0.116. The minimum Gasteiger partial charge on any atom is -0.415 e. The van der Waals surface area contributed by atoms with E-state index in [0.717, 1.165) is 32.0 Å². The number of aromatic nitrogens is 2. The van der Waals surface area contributed by atoms with Crippen LogP contribution in [0.1, 0.15) is 42.2 Å². The third-order valence-corrected chi connectivity index (χ3v) is 8.61. The number of anilines is 1. The quantitative estimate of drug-likeness (QED) is 0.430. The summed E-state index contributed by atoms with van der Waals surface area (Å²) in [4.78, 5) is 19.1. The number of urea groups is 1. The molecular formula is C27H30F3N5O3S. The molecule has 3 heterocycles. The van der Waals surface area contributed by atoms with Crippen molar-refractivity contribution in [2.75, 3.05) is 49.6 Å². The zero-order chi connectivity index (χ0) is 27.5. The van der Waals surface area contributed by atoms with E-state index in [1.165, 1.54) is 22.6 Å². The lowest BCUT2D eigenvalue weighted by atomic mass is 9.89. The summed E-state index contributed by atoms with van der Waals surface area (Å²) in [6.07, 6.45) is -0.785. The van der Waals surface area contributed by atoms with Crippen LogP contribution in [0.15, 0.2) is 46.9 Å². The van der Waals surface area contributed by atoms with Crippen molar-refractivity contribution >= 4 is 22.5 Å². The third-order valence-electron chi connectivity index (χ3n) is 7.33. The van der Waals surface area contributed by atoms with Gasteiger partial charge in [-0.2, -0.15) is 8.78 Å². The normalized spacial score (nSPS) is 17.6. The summed E-state index contributed by atoms with van der Waals surface area (Å²) >= 11 is 0. The number of rotatable bonds is 6. The van der Waals surface area contributed by atoms with E-state index in [2.05, 4.69) is 22.1 Å². The molecule has 0 unspecified atom stereocenters. The molecule has 5 rings (SSSR count). The summed E-state index contributed by atoms with van der Waals surface area (Å²) in [6, 6.07) is 11.7. The van der Waals surface area contributed by atoms with Crippen molar-refractivity contribution in [1.29, 1.82) is 0 Å². The van der Waals surface area contributed by atoms with E-state index >= 15 is 4.39 Å². The first-order valence-corrected chi connectivity index (χ1v) is 14.4.